The molecule has 2 aromatic rings. The molecule has 0 aliphatic carbocycles. The van der Waals surface area contributed by atoms with E-state index in [1.54, 1.807) is 30.3 Å². The van der Waals surface area contributed by atoms with Gasteiger partial charge >= 0.3 is 5.97 Å². The van der Waals surface area contributed by atoms with Crippen LogP contribution < -0.4 is 0 Å². The largest absolute Gasteiger partial charge is 0.505 e. The first-order valence-corrected chi connectivity index (χ1v) is 4.93. The minimum atomic E-state index is -1.20. The Bertz CT molecular complexity index is 507. The summed E-state index contributed by atoms with van der Waals surface area (Å²) in [6, 6.07) is 11.5. The number of carboxylic acid groups (broad SMARTS) is 1. The summed E-state index contributed by atoms with van der Waals surface area (Å²) in [5.74, 6) is -3.77. The molecule has 0 atom stereocenters. The van der Waals surface area contributed by atoms with Crippen LogP contribution in [-0.4, -0.2) is 16.2 Å². The summed E-state index contributed by atoms with van der Waals surface area (Å²) < 4.78 is 24.2. The van der Waals surface area contributed by atoms with Crippen LogP contribution in [0, 0.1) is 11.6 Å². The standard InChI is InChI=1S/C7H6O2.C6H4F2O/c8-7(9)6-4-2-1-3-5-6;7-4-2-1-3-5(9)6(4)8/h1-5H,(H,8,9);1-3,9H. The average Bonchev–Trinajstić information content (AvgIpc) is 2.38. The molecule has 0 aliphatic heterocycles. The highest BCUT2D eigenvalue weighted by atomic mass is 19.2. The normalized spacial score (nSPS) is 9.22. The molecule has 5 heteroatoms. The van der Waals surface area contributed by atoms with Crippen molar-refractivity contribution in [3.63, 3.8) is 0 Å². The topological polar surface area (TPSA) is 57.5 Å². The Labute approximate surface area is 102 Å². The van der Waals surface area contributed by atoms with Crippen molar-refractivity contribution in [2.75, 3.05) is 0 Å². The maximum atomic E-state index is 12.1. The molecule has 2 aromatic carbocycles. The monoisotopic (exact) mass is 252 g/mol. The highest BCUT2D eigenvalue weighted by molar-refractivity contribution is 5.87. The van der Waals surface area contributed by atoms with E-state index in [2.05, 4.69) is 0 Å². The van der Waals surface area contributed by atoms with Crippen LogP contribution in [0.5, 0.6) is 5.75 Å². The zero-order valence-corrected chi connectivity index (χ0v) is 9.18. The van der Waals surface area contributed by atoms with Gasteiger partial charge in [-0.2, -0.15) is 4.39 Å². The molecule has 0 radical (unpaired) electrons. The van der Waals surface area contributed by atoms with Crippen molar-refractivity contribution in [3.8, 4) is 5.75 Å². The minimum absolute atomic E-state index is 0.331. The van der Waals surface area contributed by atoms with E-state index < -0.39 is 23.4 Å². The lowest BCUT2D eigenvalue weighted by Gasteiger charge is -1.92. The molecule has 3 nitrogen and oxygen atoms in total. The summed E-state index contributed by atoms with van der Waals surface area (Å²) in [6.07, 6.45) is 0. The molecule has 0 saturated heterocycles. The molecule has 0 heterocycles. The van der Waals surface area contributed by atoms with E-state index in [1.165, 1.54) is 6.07 Å². The quantitative estimate of drug-likeness (QED) is 0.820. The number of aromatic hydroxyl groups is 1. The molecule has 2 rings (SSSR count). The van der Waals surface area contributed by atoms with Crippen molar-refractivity contribution in [3.05, 3.63) is 65.7 Å². The first-order chi connectivity index (χ1) is 8.52. The Morgan fingerprint density at radius 1 is 0.944 bits per heavy atom. The second kappa shape index (κ2) is 6.34. The predicted octanol–water partition coefficient (Wildman–Crippen LogP) is 3.06. The van der Waals surface area contributed by atoms with Gasteiger partial charge in [0.15, 0.2) is 17.4 Å². The fraction of sp³-hybridized carbons (Fsp3) is 0. The second-order valence-electron chi connectivity index (χ2n) is 3.24. The van der Waals surface area contributed by atoms with Gasteiger partial charge in [-0.25, -0.2) is 9.18 Å². The van der Waals surface area contributed by atoms with Crippen LogP contribution in [-0.2, 0) is 0 Å². The van der Waals surface area contributed by atoms with E-state index in [0.717, 1.165) is 12.1 Å². The average molecular weight is 252 g/mol. The number of aromatic carboxylic acids is 1. The number of phenolic OH excluding ortho intramolecular Hbond substituents is 1. The Morgan fingerprint density at radius 2 is 1.56 bits per heavy atom. The van der Waals surface area contributed by atoms with Crippen LogP contribution in [0.2, 0.25) is 0 Å². The van der Waals surface area contributed by atoms with Gasteiger partial charge in [0, 0.05) is 0 Å². The number of carboxylic acids is 1. The molecule has 0 fully saturated rings. The van der Waals surface area contributed by atoms with Crippen molar-refractivity contribution in [1.29, 1.82) is 0 Å². The summed E-state index contributed by atoms with van der Waals surface area (Å²) in [6.45, 7) is 0. The molecule has 0 aromatic heterocycles. The van der Waals surface area contributed by atoms with E-state index >= 15 is 0 Å². The van der Waals surface area contributed by atoms with Crippen LogP contribution in [0.3, 0.4) is 0 Å². The van der Waals surface area contributed by atoms with Gasteiger partial charge in [0.25, 0.3) is 0 Å². The maximum Gasteiger partial charge on any atom is 0.335 e. The van der Waals surface area contributed by atoms with Gasteiger partial charge < -0.3 is 10.2 Å². The summed E-state index contributed by atoms with van der Waals surface area (Å²) in [7, 11) is 0. The highest BCUT2D eigenvalue weighted by Gasteiger charge is 2.03. The fourth-order valence-corrected chi connectivity index (χ4v) is 1.07. The smallest absolute Gasteiger partial charge is 0.335 e. The Hall–Kier alpha value is -2.43. The minimum Gasteiger partial charge on any atom is -0.505 e. The molecule has 0 amide bonds. The van der Waals surface area contributed by atoms with Crippen LogP contribution >= 0.6 is 0 Å². The van der Waals surface area contributed by atoms with E-state index in [4.69, 9.17) is 10.2 Å². The van der Waals surface area contributed by atoms with Crippen LogP contribution in [0.25, 0.3) is 0 Å². The lowest BCUT2D eigenvalue weighted by atomic mass is 10.2. The van der Waals surface area contributed by atoms with Gasteiger partial charge in [0.05, 0.1) is 5.56 Å². The maximum absolute atomic E-state index is 12.1. The molecule has 2 N–H and O–H groups in total. The predicted molar refractivity (Wildman–Crippen MR) is 61.4 cm³/mol. The molecular formula is C13H10F2O3. The number of benzene rings is 2. The van der Waals surface area contributed by atoms with Gasteiger partial charge in [-0.05, 0) is 24.3 Å². The van der Waals surface area contributed by atoms with Gasteiger partial charge in [-0.1, -0.05) is 24.3 Å². The number of hydrogen-bond acceptors (Lipinski definition) is 2. The third-order valence-electron chi connectivity index (χ3n) is 1.95. The number of rotatable bonds is 1. The molecule has 0 aliphatic rings. The molecule has 0 saturated carbocycles. The summed E-state index contributed by atoms with van der Waals surface area (Å²) in [4.78, 5) is 10.2. The van der Waals surface area contributed by atoms with E-state index in [9.17, 15) is 13.6 Å². The molecule has 0 unspecified atom stereocenters. The van der Waals surface area contributed by atoms with Gasteiger partial charge in [-0.3, -0.25) is 0 Å². The lowest BCUT2D eigenvalue weighted by Crippen LogP contribution is -1.93. The van der Waals surface area contributed by atoms with Crippen molar-refractivity contribution in [1.82, 2.24) is 0 Å². The molecule has 0 spiro atoms. The number of halogens is 2. The second-order valence-corrected chi connectivity index (χ2v) is 3.24. The molecule has 94 valence electrons. The summed E-state index contributed by atoms with van der Waals surface area (Å²) in [5, 5.41) is 16.9. The number of hydrogen-bond donors (Lipinski definition) is 2. The number of phenols is 1. The van der Waals surface area contributed by atoms with Crippen molar-refractivity contribution >= 4 is 5.97 Å². The van der Waals surface area contributed by atoms with Gasteiger partial charge in [0.2, 0.25) is 0 Å². The SMILES string of the molecule is O=C(O)c1ccccc1.Oc1cccc(F)c1F. The van der Waals surface area contributed by atoms with Crippen molar-refractivity contribution in [2.24, 2.45) is 0 Å². The fourth-order valence-electron chi connectivity index (χ4n) is 1.07. The molecular weight excluding hydrogens is 242 g/mol. The lowest BCUT2D eigenvalue weighted by molar-refractivity contribution is 0.0697. The Kier molecular flexibility index (Phi) is 4.80. The first kappa shape index (κ1) is 13.6. The zero-order chi connectivity index (χ0) is 13.5. The van der Waals surface area contributed by atoms with Gasteiger partial charge in [0.1, 0.15) is 0 Å². The Balaban J connectivity index is 0.000000180. The zero-order valence-electron chi connectivity index (χ0n) is 9.18. The van der Waals surface area contributed by atoms with Crippen molar-refractivity contribution < 1.29 is 23.8 Å². The number of carbonyl (C=O) groups is 1. The van der Waals surface area contributed by atoms with Crippen LogP contribution in [0.15, 0.2) is 48.5 Å². The van der Waals surface area contributed by atoms with Crippen LogP contribution in [0.4, 0.5) is 8.78 Å². The molecule has 0 bridgehead atoms. The highest BCUT2D eigenvalue weighted by Crippen LogP contribution is 2.16. The first-order valence-electron chi connectivity index (χ1n) is 4.93. The molecule has 18 heavy (non-hydrogen) atoms. The van der Waals surface area contributed by atoms with E-state index in [-0.39, 0.29) is 0 Å². The third-order valence-corrected chi connectivity index (χ3v) is 1.95. The summed E-state index contributed by atoms with van der Waals surface area (Å²) in [5.41, 5.74) is 0.331. The Morgan fingerprint density at radius 3 is 1.94 bits per heavy atom. The van der Waals surface area contributed by atoms with Gasteiger partial charge in [-0.15, -0.1) is 0 Å². The summed E-state index contributed by atoms with van der Waals surface area (Å²) >= 11 is 0. The van der Waals surface area contributed by atoms with Crippen molar-refractivity contribution in [2.45, 2.75) is 0 Å². The van der Waals surface area contributed by atoms with E-state index in [0.29, 0.717) is 5.56 Å². The third kappa shape index (κ3) is 3.86. The van der Waals surface area contributed by atoms with E-state index in [1.807, 2.05) is 0 Å². The van der Waals surface area contributed by atoms with Crippen LogP contribution in [0.1, 0.15) is 10.4 Å².